The summed E-state index contributed by atoms with van der Waals surface area (Å²) < 4.78 is 0. The molecule has 1 aliphatic rings. The number of aliphatic hydroxyl groups excluding tert-OH is 1. The molecule has 0 radical (unpaired) electrons. The summed E-state index contributed by atoms with van der Waals surface area (Å²) in [6.07, 6.45) is 5.92. The summed E-state index contributed by atoms with van der Waals surface area (Å²) in [5.41, 5.74) is 0. The molecule has 1 saturated carbocycles. The smallest absolute Gasteiger partial charge is 0.0791 e. The van der Waals surface area contributed by atoms with Gasteiger partial charge >= 0.3 is 0 Å². The number of hydrogen-bond donors (Lipinski definition) is 2. The highest BCUT2D eigenvalue weighted by Gasteiger charge is 2.21. The van der Waals surface area contributed by atoms with Gasteiger partial charge in [0.1, 0.15) is 0 Å². The third-order valence-electron chi connectivity index (χ3n) is 2.46. The van der Waals surface area contributed by atoms with Crippen LogP contribution in [0.1, 0.15) is 12.8 Å². The average molecular weight is 210 g/mol. The van der Waals surface area contributed by atoms with Gasteiger partial charge < -0.3 is 10.4 Å². The van der Waals surface area contributed by atoms with E-state index in [1.54, 1.807) is 0 Å². The van der Waals surface area contributed by atoms with Gasteiger partial charge in [-0.1, -0.05) is 12.2 Å². The highest BCUT2D eigenvalue weighted by molar-refractivity contribution is 4.84. The van der Waals surface area contributed by atoms with Crippen LogP contribution >= 0.6 is 0 Å². The van der Waals surface area contributed by atoms with Crippen molar-refractivity contribution in [3.05, 3.63) is 25.3 Å². The Labute approximate surface area is 92.5 Å². The van der Waals surface area contributed by atoms with Crippen molar-refractivity contribution in [1.29, 1.82) is 0 Å². The largest absolute Gasteiger partial charge is 0.390 e. The molecular formula is C12H22N2O. The maximum absolute atomic E-state index is 9.78. The van der Waals surface area contributed by atoms with E-state index in [1.165, 1.54) is 12.8 Å². The van der Waals surface area contributed by atoms with Gasteiger partial charge in [0.15, 0.2) is 0 Å². The minimum atomic E-state index is -0.300. The van der Waals surface area contributed by atoms with Crippen LogP contribution in [0.25, 0.3) is 0 Å². The van der Waals surface area contributed by atoms with Crippen LogP contribution < -0.4 is 5.32 Å². The van der Waals surface area contributed by atoms with Gasteiger partial charge in [-0.3, -0.25) is 4.90 Å². The van der Waals surface area contributed by atoms with Gasteiger partial charge in [0, 0.05) is 32.2 Å². The molecule has 1 fully saturated rings. The maximum atomic E-state index is 9.78. The Morgan fingerprint density at radius 1 is 1.33 bits per heavy atom. The average Bonchev–Trinajstić information content (AvgIpc) is 2.99. The number of nitrogens with zero attached hydrogens (tertiary/aromatic N) is 1. The van der Waals surface area contributed by atoms with E-state index in [0.717, 1.165) is 13.1 Å². The van der Waals surface area contributed by atoms with Gasteiger partial charge in [-0.05, 0) is 12.8 Å². The lowest BCUT2D eigenvalue weighted by Crippen LogP contribution is -2.39. The van der Waals surface area contributed by atoms with Crippen LogP contribution in [0, 0.1) is 0 Å². The molecule has 0 spiro atoms. The summed E-state index contributed by atoms with van der Waals surface area (Å²) in [5.74, 6) is 0. The quantitative estimate of drug-likeness (QED) is 0.552. The van der Waals surface area contributed by atoms with E-state index in [0.29, 0.717) is 19.1 Å². The highest BCUT2D eigenvalue weighted by atomic mass is 16.3. The van der Waals surface area contributed by atoms with Crippen molar-refractivity contribution in [3.8, 4) is 0 Å². The first-order valence-electron chi connectivity index (χ1n) is 5.62. The van der Waals surface area contributed by atoms with Crippen LogP contribution in [0.3, 0.4) is 0 Å². The summed E-state index contributed by atoms with van der Waals surface area (Å²) in [7, 11) is 0. The number of rotatable bonds is 9. The first kappa shape index (κ1) is 12.4. The van der Waals surface area contributed by atoms with Crippen LogP contribution in [0.15, 0.2) is 25.3 Å². The summed E-state index contributed by atoms with van der Waals surface area (Å²) in [6, 6.07) is 0.659. The molecule has 0 unspecified atom stereocenters. The molecule has 3 heteroatoms. The van der Waals surface area contributed by atoms with Gasteiger partial charge in [-0.2, -0.15) is 0 Å². The number of hydrogen-bond acceptors (Lipinski definition) is 3. The van der Waals surface area contributed by atoms with E-state index in [1.807, 2.05) is 12.2 Å². The molecule has 2 N–H and O–H groups in total. The van der Waals surface area contributed by atoms with Crippen molar-refractivity contribution in [3.63, 3.8) is 0 Å². The molecule has 0 heterocycles. The van der Waals surface area contributed by atoms with Crippen LogP contribution in [-0.4, -0.2) is 48.3 Å². The normalized spacial score (nSPS) is 17.7. The van der Waals surface area contributed by atoms with Gasteiger partial charge in [0.2, 0.25) is 0 Å². The van der Waals surface area contributed by atoms with Crippen LogP contribution in [0.4, 0.5) is 0 Å². The molecule has 0 amide bonds. The molecule has 86 valence electrons. The van der Waals surface area contributed by atoms with Gasteiger partial charge in [-0.25, -0.2) is 0 Å². The fourth-order valence-electron chi connectivity index (χ4n) is 1.54. The zero-order valence-electron chi connectivity index (χ0n) is 9.36. The maximum Gasteiger partial charge on any atom is 0.0791 e. The molecule has 0 aromatic heterocycles. The summed E-state index contributed by atoms with van der Waals surface area (Å²) in [4.78, 5) is 2.12. The molecule has 0 aromatic carbocycles. The minimum absolute atomic E-state index is 0.300. The van der Waals surface area contributed by atoms with Crippen LogP contribution in [0.5, 0.6) is 0 Å². The molecule has 1 atom stereocenters. The highest BCUT2D eigenvalue weighted by Crippen LogP contribution is 2.18. The Hall–Kier alpha value is -0.640. The second kappa shape index (κ2) is 6.77. The Morgan fingerprint density at radius 2 is 1.93 bits per heavy atom. The van der Waals surface area contributed by atoms with Crippen molar-refractivity contribution in [2.45, 2.75) is 25.0 Å². The van der Waals surface area contributed by atoms with E-state index < -0.39 is 0 Å². The van der Waals surface area contributed by atoms with Gasteiger partial charge in [0.05, 0.1) is 6.10 Å². The molecule has 0 saturated heterocycles. The van der Waals surface area contributed by atoms with Crippen molar-refractivity contribution < 1.29 is 5.11 Å². The fraction of sp³-hybridized carbons (Fsp3) is 0.667. The van der Waals surface area contributed by atoms with E-state index in [2.05, 4.69) is 23.4 Å². The first-order valence-corrected chi connectivity index (χ1v) is 5.62. The number of nitrogens with one attached hydrogen (secondary N) is 1. The lowest BCUT2D eigenvalue weighted by molar-refractivity contribution is 0.122. The van der Waals surface area contributed by atoms with Crippen molar-refractivity contribution in [2.24, 2.45) is 0 Å². The van der Waals surface area contributed by atoms with Crippen LogP contribution in [0.2, 0.25) is 0 Å². The fourth-order valence-corrected chi connectivity index (χ4v) is 1.54. The second-order valence-corrected chi connectivity index (χ2v) is 4.13. The minimum Gasteiger partial charge on any atom is -0.390 e. The monoisotopic (exact) mass is 210 g/mol. The first-order chi connectivity index (χ1) is 7.26. The van der Waals surface area contributed by atoms with Gasteiger partial charge in [-0.15, -0.1) is 13.2 Å². The van der Waals surface area contributed by atoms with E-state index >= 15 is 0 Å². The molecular weight excluding hydrogens is 188 g/mol. The van der Waals surface area contributed by atoms with E-state index in [-0.39, 0.29) is 6.10 Å². The van der Waals surface area contributed by atoms with E-state index in [4.69, 9.17) is 0 Å². The summed E-state index contributed by atoms with van der Waals surface area (Å²) >= 11 is 0. The standard InChI is InChI=1S/C12H22N2O/c1-3-7-14(8-4-2)10-12(15)9-13-11-5-6-11/h3-4,11-13,15H,1-2,5-10H2/t12-/m1/s1. The van der Waals surface area contributed by atoms with Gasteiger partial charge in [0.25, 0.3) is 0 Å². The summed E-state index contributed by atoms with van der Waals surface area (Å²) in [5, 5.41) is 13.1. The predicted octanol–water partition coefficient (Wildman–Crippen LogP) is 0.773. The molecule has 0 aliphatic heterocycles. The zero-order valence-corrected chi connectivity index (χ0v) is 9.36. The third-order valence-corrected chi connectivity index (χ3v) is 2.46. The molecule has 3 nitrogen and oxygen atoms in total. The third kappa shape index (κ3) is 5.72. The van der Waals surface area contributed by atoms with E-state index in [9.17, 15) is 5.11 Å². The second-order valence-electron chi connectivity index (χ2n) is 4.13. The molecule has 0 bridgehead atoms. The predicted molar refractivity (Wildman–Crippen MR) is 63.9 cm³/mol. The summed E-state index contributed by atoms with van der Waals surface area (Å²) in [6.45, 7) is 10.4. The lowest BCUT2D eigenvalue weighted by atomic mass is 10.3. The van der Waals surface area contributed by atoms with Crippen molar-refractivity contribution in [1.82, 2.24) is 10.2 Å². The Balaban J connectivity index is 2.14. The molecule has 1 aliphatic carbocycles. The topological polar surface area (TPSA) is 35.5 Å². The Morgan fingerprint density at radius 3 is 2.40 bits per heavy atom. The molecule has 1 rings (SSSR count). The lowest BCUT2D eigenvalue weighted by Gasteiger charge is -2.22. The molecule has 0 aromatic rings. The number of aliphatic hydroxyl groups is 1. The van der Waals surface area contributed by atoms with Crippen LogP contribution in [-0.2, 0) is 0 Å². The van der Waals surface area contributed by atoms with Crippen molar-refractivity contribution >= 4 is 0 Å². The molecule has 15 heavy (non-hydrogen) atoms. The SMILES string of the molecule is C=CCN(CC=C)C[C@H](O)CNC1CC1. The zero-order chi connectivity index (χ0) is 11.1. The van der Waals surface area contributed by atoms with Crippen molar-refractivity contribution in [2.75, 3.05) is 26.2 Å². The Kier molecular flexibility index (Phi) is 5.61. The Bertz CT molecular complexity index is 192.